The van der Waals surface area contributed by atoms with Crippen molar-refractivity contribution in [2.75, 3.05) is 0 Å². The zero-order chi connectivity index (χ0) is 12.3. The van der Waals surface area contributed by atoms with E-state index in [1.165, 1.54) is 11.3 Å². The molecule has 0 radical (unpaired) electrons. The molecule has 3 heteroatoms. The highest BCUT2D eigenvalue weighted by molar-refractivity contribution is 7.12. The van der Waals surface area contributed by atoms with E-state index in [0.717, 1.165) is 10.4 Å². The quantitative estimate of drug-likeness (QED) is 0.840. The van der Waals surface area contributed by atoms with Crippen molar-refractivity contribution >= 4 is 17.1 Å². The molecule has 88 valence electrons. The molecule has 2 aromatic rings. The molecule has 0 saturated heterocycles. The van der Waals surface area contributed by atoms with Crippen LogP contribution >= 0.6 is 11.3 Å². The zero-order valence-corrected chi connectivity index (χ0v) is 10.5. The predicted molar refractivity (Wildman–Crippen MR) is 71.2 cm³/mol. The molecule has 17 heavy (non-hydrogen) atoms. The topological polar surface area (TPSA) is 43.1 Å². The van der Waals surface area contributed by atoms with Crippen LogP contribution in [0.25, 0.3) is 0 Å². The average molecular weight is 245 g/mol. The molecule has 0 spiro atoms. The van der Waals surface area contributed by atoms with Crippen molar-refractivity contribution in [3.8, 4) is 0 Å². The molecule has 0 bridgehead atoms. The Labute approximate surface area is 105 Å². The van der Waals surface area contributed by atoms with E-state index in [4.69, 9.17) is 5.73 Å². The summed E-state index contributed by atoms with van der Waals surface area (Å²) >= 11 is 1.47. The van der Waals surface area contributed by atoms with E-state index in [1.807, 2.05) is 54.8 Å². The number of hydrogen-bond acceptors (Lipinski definition) is 3. The van der Waals surface area contributed by atoms with E-state index in [2.05, 4.69) is 0 Å². The van der Waals surface area contributed by atoms with Gasteiger partial charge in [0.25, 0.3) is 0 Å². The van der Waals surface area contributed by atoms with Crippen molar-refractivity contribution in [1.29, 1.82) is 0 Å². The Morgan fingerprint density at radius 1 is 1.18 bits per heavy atom. The lowest BCUT2D eigenvalue weighted by Crippen LogP contribution is -2.25. The number of hydrogen-bond donors (Lipinski definition) is 1. The van der Waals surface area contributed by atoms with Gasteiger partial charge in [-0.25, -0.2) is 0 Å². The minimum atomic E-state index is -0.245. The first-order valence-electron chi connectivity index (χ1n) is 5.58. The Bertz CT molecular complexity index is 478. The summed E-state index contributed by atoms with van der Waals surface area (Å²) < 4.78 is 0. The molecular formula is C14H15NOS. The zero-order valence-electron chi connectivity index (χ0n) is 9.67. The molecule has 1 aromatic carbocycles. The summed E-state index contributed by atoms with van der Waals surface area (Å²) in [7, 11) is 0. The second-order valence-electron chi connectivity index (χ2n) is 4.07. The Morgan fingerprint density at radius 3 is 2.47 bits per heavy atom. The third-order valence-electron chi connectivity index (χ3n) is 2.90. The van der Waals surface area contributed by atoms with Crippen LogP contribution in [0.15, 0.2) is 47.8 Å². The Hall–Kier alpha value is -1.45. The largest absolute Gasteiger partial charge is 0.323 e. The lowest BCUT2D eigenvalue weighted by molar-refractivity contribution is 0.0917. The van der Waals surface area contributed by atoms with Crippen LogP contribution in [0, 0.1) is 5.92 Å². The first-order valence-corrected chi connectivity index (χ1v) is 6.46. The monoisotopic (exact) mass is 245 g/mol. The summed E-state index contributed by atoms with van der Waals surface area (Å²) in [6.07, 6.45) is 0. The van der Waals surface area contributed by atoms with Crippen molar-refractivity contribution < 1.29 is 4.79 Å². The number of benzene rings is 1. The highest BCUT2D eigenvalue weighted by Crippen LogP contribution is 2.24. The molecule has 2 rings (SSSR count). The lowest BCUT2D eigenvalue weighted by atomic mass is 9.91. The van der Waals surface area contributed by atoms with Gasteiger partial charge in [-0.05, 0) is 17.0 Å². The number of nitrogens with two attached hydrogens (primary N) is 1. The summed E-state index contributed by atoms with van der Waals surface area (Å²) in [6, 6.07) is 13.2. The van der Waals surface area contributed by atoms with E-state index in [9.17, 15) is 4.79 Å². The van der Waals surface area contributed by atoms with Gasteiger partial charge in [0.2, 0.25) is 0 Å². The highest BCUT2D eigenvalue weighted by atomic mass is 32.1. The fourth-order valence-corrected chi connectivity index (χ4v) is 2.53. The molecule has 2 nitrogen and oxygen atoms in total. The van der Waals surface area contributed by atoms with Gasteiger partial charge in [-0.2, -0.15) is 0 Å². The molecule has 0 aliphatic heterocycles. The van der Waals surface area contributed by atoms with E-state index < -0.39 is 0 Å². The number of thiophene rings is 1. The van der Waals surface area contributed by atoms with Crippen LogP contribution in [-0.2, 0) is 0 Å². The van der Waals surface area contributed by atoms with Gasteiger partial charge in [-0.15, -0.1) is 11.3 Å². The SMILES string of the molecule is CC(C(=O)c1cccs1)C(N)c1ccccc1. The van der Waals surface area contributed by atoms with E-state index in [-0.39, 0.29) is 17.7 Å². The van der Waals surface area contributed by atoms with Gasteiger partial charge in [0.15, 0.2) is 5.78 Å². The molecular weight excluding hydrogens is 230 g/mol. The molecule has 0 fully saturated rings. The van der Waals surface area contributed by atoms with E-state index >= 15 is 0 Å². The van der Waals surface area contributed by atoms with Crippen molar-refractivity contribution in [1.82, 2.24) is 0 Å². The molecule has 2 atom stereocenters. The second kappa shape index (κ2) is 5.25. The van der Waals surface area contributed by atoms with Gasteiger partial charge in [-0.3, -0.25) is 4.79 Å². The van der Waals surface area contributed by atoms with Crippen molar-refractivity contribution in [2.24, 2.45) is 11.7 Å². The fraction of sp³-hybridized carbons (Fsp3) is 0.214. The summed E-state index contributed by atoms with van der Waals surface area (Å²) in [5, 5.41) is 1.91. The van der Waals surface area contributed by atoms with Gasteiger partial charge >= 0.3 is 0 Å². The normalized spacial score (nSPS) is 14.2. The number of rotatable bonds is 4. The van der Waals surface area contributed by atoms with Crippen LogP contribution in [-0.4, -0.2) is 5.78 Å². The molecule has 0 saturated carbocycles. The minimum absolute atomic E-state index is 0.122. The van der Waals surface area contributed by atoms with Crippen LogP contribution in [0.2, 0.25) is 0 Å². The van der Waals surface area contributed by atoms with Gasteiger partial charge in [0.1, 0.15) is 0 Å². The molecule has 2 N–H and O–H groups in total. The van der Waals surface area contributed by atoms with Gasteiger partial charge in [-0.1, -0.05) is 43.3 Å². The second-order valence-corrected chi connectivity index (χ2v) is 5.01. The molecule has 1 heterocycles. The van der Waals surface area contributed by atoms with E-state index in [0.29, 0.717) is 0 Å². The minimum Gasteiger partial charge on any atom is -0.323 e. The smallest absolute Gasteiger partial charge is 0.177 e. The third kappa shape index (κ3) is 2.62. The van der Waals surface area contributed by atoms with Crippen molar-refractivity contribution in [2.45, 2.75) is 13.0 Å². The Balaban J connectivity index is 2.15. The Kier molecular flexibility index (Phi) is 3.71. The van der Waals surface area contributed by atoms with Gasteiger partial charge < -0.3 is 5.73 Å². The highest BCUT2D eigenvalue weighted by Gasteiger charge is 2.23. The fourth-order valence-electron chi connectivity index (χ4n) is 1.77. The lowest BCUT2D eigenvalue weighted by Gasteiger charge is -2.18. The average Bonchev–Trinajstić information content (AvgIpc) is 2.91. The molecule has 0 aliphatic rings. The maximum Gasteiger partial charge on any atom is 0.177 e. The summed E-state index contributed by atoms with van der Waals surface area (Å²) in [5.41, 5.74) is 7.13. The third-order valence-corrected chi connectivity index (χ3v) is 3.79. The molecule has 0 amide bonds. The summed E-state index contributed by atoms with van der Waals surface area (Å²) in [4.78, 5) is 12.9. The van der Waals surface area contributed by atoms with Gasteiger partial charge in [0, 0.05) is 12.0 Å². The van der Waals surface area contributed by atoms with Crippen LogP contribution in [0.1, 0.15) is 28.2 Å². The van der Waals surface area contributed by atoms with Crippen LogP contribution < -0.4 is 5.73 Å². The predicted octanol–water partition coefficient (Wildman–Crippen LogP) is 3.27. The summed E-state index contributed by atoms with van der Waals surface area (Å²) in [6.45, 7) is 1.89. The number of carbonyl (C=O) groups is 1. The Morgan fingerprint density at radius 2 is 1.88 bits per heavy atom. The summed E-state index contributed by atoms with van der Waals surface area (Å²) in [5.74, 6) is -0.0765. The van der Waals surface area contributed by atoms with Gasteiger partial charge in [0.05, 0.1) is 4.88 Å². The van der Waals surface area contributed by atoms with Crippen LogP contribution in [0.4, 0.5) is 0 Å². The first kappa shape index (κ1) is 12.0. The van der Waals surface area contributed by atoms with Crippen molar-refractivity contribution in [3.05, 3.63) is 58.3 Å². The molecule has 1 aromatic heterocycles. The maximum absolute atomic E-state index is 12.2. The van der Waals surface area contributed by atoms with E-state index in [1.54, 1.807) is 0 Å². The van der Waals surface area contributed by atoms with Crippen LogP contribution in [0.3, 0.4) is 0 Å². The maximum atomic E-state index is 12.2. The first-order chi connectivity index (χ1) is 8.20. The number of Topliss-reactive ketones (excluding diaryl/α,β-unsaturated/α-hetero) is 1. The van der Waals surface area contributed by atoms with Crippen molar-refractivity contribution in [3.63, 3.8) is 0 Å². The van der Waals surface area contributed by atoms with Crippen LogP contribution in [0.5, 0.6) is 0 Å². The number of carbonyl (C=O) groups excluding carboxylic acids is 1. The number of ketones is 1. The molecule has 0 aliphatic carbocycles. The standard InChI is InChI=1S/C14H15NOS/c1-10(14(16)12-8-5-9-17-12)13(15)11-6-3-2-4-7-11/h2-10,13H,15H2,1H3. The molecule has 2 unspecified atom stereocenters.